The zero-order valence-electron chi connectivity index (χ0n) is 16.9. The topological polar surface area (TPSA) is 104 Å². The highest BCUT2D eigenvalue weighted by molar-refractivity contribution is 5.86. The molecular formula is C22H23N3O5. The summed E-state index contributed by atoms with van der Waals surface area (Å²) in [7, 11) is 0. The molecule has 0 amide bonds. The molecule has 0 aliphatic heterocycles. The van der Waals surface area contributed by atoms with Crippen molar-refractivity contribution in [3.05, 3.63) is 59.7 Å². The second kappa shape index (κ2) is 9.21. The van der Waals surface area contributed by atoms with Crippen LogP contribution in [0.5, 0.6) is 5.75 Å². The number of benzene rings is 2. The maximum atomic E-state index is 12.2. The van der Waals surface area contributed by atoms with E-state index < -0.39 is 11.9 Å². The normalized spacial score (nSPS) is 10.7. The molecule has 3 aromatic rings. The molecule has 0 aliphatic rings. The van der Waals surface area contributed by atoms with E-state index in [0.29, 0.717) is 39.8 Å². The van der Waals surface area contributed by atoms with Crippen LogP contribution < -0.4 is 0 Å². The summed E-state index contributed by atoms with van der Waals surface area (Å²) in [5.74, 6) is -0.837. The summed E-state index contributed by atoms with van der Waals surface area (Å²) in [5, 5.41) is 19.2. The van der Waals surface area contributed by atoms with Crippen molar-refractivity contribution in [2.24, 2.45) is 0 Å². The van der Waals surface area contributed by atoms with Crippen LogP contribution in [0, 0.1) is 6.92 Å². The van der Waals surface area contributed by atoms with Crippen LogP contribution in [0.4, 0.5) is 0 Å². The van der Waals surface area contributed by atoms with E-state index >= 15 is 0 Å². The van der Waals surface area contributed by atoms with E-state index in [2.05, 4.69) is 16.8 Å². The van der Waals surface area contributed by atoms with Crippen LogP contribution >= 0.6 is 0 Å². The molecule has 1 aromatic heterocycles. The molecule has 2 aromatic carbocycles. The van der Waals surface area contributed by atoms with E-state index in [9.17, 15) is 14.7 Å². The van der Waals surface area contributed by atoms with Crippen molar-refractivity contribution < 1.29 is 24.2 Å². The van der Waals surface area contributed by atoms with E-state index in [1.54, 1.807) is 26.0 Å². The van der Waals surface area contributed by atoms with E-state index in [1.807, 2.05) is 24.3 Å². The zero-order valence-corrected chi connectivity index (χ0v) is 16.9. The molecule has 0 saturated heterocycles. The number of hydrogen-bond acceptors (Lipinski definition) is 7. The van der Waals surface area contributed by atoms with Gasteiger partial charge >= 0.3 is 11.9 Å². The van der Waals surface area contributed by atoms with Gasteiger partial charge in [0.2, 0.25) is 0 Å². The van der Waals surface area contributed by atoms with E-state index in [-0.39, 0.29) is 25.4 Å². The second-order valence-corrected chi connectivity index (χ2v) is 6.93. The number of carbonyl (C=O) groups excluding carboxylic acids is 2. The van der Waals surface area contributed by atoms with Crippen LogP contribution in [0.15, 0.2) is 48.6 Å². The van der Waals surface area contributed by atoms with Crippen LogP contribution in [0.25, 0.3) is 16.7 Å². The van der Waals surface area contributed by atoms with Gasteiger partial charge in [0.25, 0.3) is 0 Å². The molecule has 1 N–H and O–H groups in total. The molecule has 0 spiro atoms. The van der Waals surface area contributed by atoms with Crippen LogP contribution in [-0.2, 0) is 25.5 Å². The highest BCUT2D eigenvalue weighted by Crippen LogP contribution is 2.27. The van der Waals surface area contributed by atoms with Gasteiger partial charge < -0.3 is 14.6 Å². The summed E-state index contributed by atoms with van der Waals surface area (Å²) < 4.78 is 10.1. The molecule has 8 heteroatoms. The van der Waals surface area contributed by atoms with Crippen LogP contribution in [0.2, 0.25) is 0 Å². The number of phenolic OH excluding ortho intramolecular Hbond substituents is 1. The molecule has 8 nitrogen and oxygen atoms in total. The molecule has 3 rings (SSSR count). The predicted molar refractivity (Wildman–Crippen MR) is 110 cm³/mol. The van der Waals surface area contributed by atoms with Crippen LogP contribution in [0.1, 0.15) is 24.5 Å². The highest BCUT2D eigenvalue weighted by Gasteiger charge is 2.15. The van der Waals surface area contributed by atoms with Gasteiger partial charge in [0.05, 0.1) is 19.6 Å². The smallest absolute Gasteiger partial charge is 0.333 e. The molecule has 0 atom stereocenters. The minimum Gasteiger partial charge on any atom is -0.505 e. The number of hydrogen-bond donors (Lipinski definition) is 1. The summed E-state index contributed by atoms with van der Waals surface area (Å²) in [6, 6.07) is 10.8. The Hall–Kier alpha value is -3.68. The van der Waals surface area contributed by atoms with Crippen molar-refractivity contribution in [3.63, 3.8) is 0 Å². The third-order valence-electron chi connectivity index (χ3n) is 4.32. The molecule has 30 heavy (non-hydrogen) atoms. The maximum absolute atomic E-state index is 12.2. The number of aromatic nitrogens is 3. The average molecular weight is 409 g/mol. The largest absolute Gasteiger partial charge is 0.505 e. The zero-order chi connectivity index (χ0) is 21.7. The van der Waals surface area contributed by atoms with Gasteiger partial charge in [0.15, 0.2) is 0 Å². The Balaban J connectivity index is 1.63. The molecule has 1 heterocycles. The number of aromatic hydroxyl groups is 1. The predicted octanol–water partition coefficient (Wildman–Crippen LogP) is 3.03. The lowest BCUT2D eigenvalue weighted by molar-refractivity contribution is -0.144. The number of ether oxygens (including phenoxy) is 2. The second-order valence-electron chi connectivity index (χ2n) is 6.93. The lowest BCUT2D eigenvalue weighted by Gasteiger charge is -2.10. The first-order valence-corrected chi connectivity index (χ1v) is 9.48. The summed E-state index contributed by atoms with van der Waals surface area (Å²) in [5.41, 5.74) is 3.38. The number of rotatable bonds is 8. The third-order valence-corrected chi connectivity index (χ3v) is 4.32. The Morgan fingerprint density at radius 3 is 2.37 bits per heavy atom. The number of fused-ring (bicyclic) bond motifs is 1. The first-order valence-electron chi connectivity index (χ1n) is 9.48. The third kappa shape index (κ3) is 5.02. The van der Waals surface area contributed by atoms with Crippen molar-refractivity contribution in [1.82, 2.24) is 15.0 Å². The Morgan fingerprint density at radius 1 is 1.10 bits per heavy atom. The van der Waals surface area contributed by atoms with Gasteiger partial charge in [-0.3, -0.25) is 4.79 Å². The Morgan fingerprint density at radius 2 is 1.73 bits per heavy atom. The lowest BCUT2D eigenvalue weighted by atomic mass is 10.1. The Kier molecular flexibility index (Phi) is 6.46. The Bertz CT molecular complexity index is 1070. The lowest BCUT2D eigenvalue weighted by Crippen LogP contribution is -2.13. The standard InChI is InChI=1S/C22H23N3O5/c1-14(2)22(28)30-10-6-9-29-20(26)13-16-11-15(3)21(27)19(12-16)25-23-17-7-4-5-8-18(17)24-25/h4-5,7-8,11-12,27H,1,6,9-10,13H2,2-3H3. The molecule has 0 bridgehead atoms. The van der Waals surface area contributed by atoms with Gasteiger partial charge in [-0.25, -0.2) is 4.79 Å². The molecule has 0 unspecified atom stereocenters. The van der Waals surface area contributed by atoms with Crippen LogP contribution in [0.3, 0.4) is 0 Å². The van der Waals surface area contributed by atoms with Gasteiger partial charge in [-0.1, -0.05) is 24.8 Å². The van der Waals surface area contributed by atoms with E-state index in [0.717, 1.165) is 0 Å². The number of esters is 2. The van der Waals surface area contributed by atoms with Crippen molar-refractivity contribution in [3.8, 4) is 11.4 Å². The van der Waals surface area contributed by atoms with E-state index in [1.165, 1.54) is 4.80 Å². The fourth-order valence-electron chi connectivity index (χ4n) is 2.81. The summed E-state index contributed by atoms with van der Waals surface area (Å²) >= 11 is 0. The number of aryl methyl sites for hydroxylation is 1. The Labute approximate surface area is 173 Å². The number of carbonyl (C=O) groups is 2. The first kappa shape index (κ1) is 21.0. The molecule has 0 fully saturated rings. The summed E-state index contributed by atoms with van der Waals surface area (Å²) in [6.45, 7) is 7.10. The fourth-order valence-corrected chi connectivity index (χ4v) is 2.81. The van der Waals surface area contributed by atoms with Crippen molar-refractivity contribution >= 4 is 23.0 Å². The minimum absolute atomic E-state index is 0.0282. The van der Waals surface area contributed by atoms with Crippen LogP contribution in [-0.4, -0.2) is 45.3 Å². The SMILES string of the molecule is C=C(C)C(=O)OCCCOC(=O)Cc1cc(C)c(O)c(-n2nc3ccccc3n2)c1. The molecule has 156 valence electrons. The van der Waals surface area contributed by atoms with Gasteiger partial charge in [0, 0.05) is 12.0 Å². The van der Waals surface area contributed by atoms with Crippen molar-refractivity contribution in [2.75, 3.05) is 13.2 Å². The van der Waals surface area contributed by atoms with E-state index in [4.69, 9.17) is 9.47 Å². The average Bonchev–Trinajstić information content (AvgIpc) is 3.14. The van der Waals surface area contributed by atoms with Gasteiger partial charge in [-0.15, -0.1) is 15.0 Å². The van der Waals surface area contributed by atoms with Crippen molar-refractivity contribution in [2.45, 2.75) is 26.7 Å². The summed E-state index contributed by atoms with van der Waals surface area (Å²) in [4.78, 5) is 24.8. The quantitative estimate of drug-likeness (QED) is 0.346. The fraction of sp³-hybridized carbons (Fsp3) is 0.273. The maximum Gasteiger partial charge on any atom is 0.333 e. The van der Waals surface area contributed by atoms with Gasteiger partial charge in [-0.05, 0) is 43.2 Å². The molecule has 0 saturated carbocycles. The molecule has 0 aliphatic carbocycles. The van der Waals surface area contributed by atoms with Gasteiger partial charge in [0.1, 0.15) is 22.5 Å². The first-order chi connectivity index (χ1) is 14.3. The monoisotopic (exact) mass is 409 g/mol. The number of nitrogens with zero attached hydrogens (tertiary/aromatic N) is 3. The minimum atomic E-state index is -0.465. The highest BCUT2D eigenvalue weighted by atomic mass is 16.5. The number of phenols is 1. The van der Waals surface area contributed by atoms with Crippen molar-refractivity contribution in [1.29, 1.82) is 0 Å². The molecule has 0 radical (unpaired) electrons. The summed E-state index contributed by atoms with van der Waals surface area (Å²) in [6.07, 6.45) is 0.425. The molecular weight excluding hydrogens is 386 g/mol. The van der Waals surface area contributed by atoms with Gasteiger partial charge in [-0.2, -0.15) is 0 Å².